The summed E-state index contributed by atoms with van der Waals surface area (Å²) in [5.74, 6) is 0. The zero-order valence-electron chi connectivity index (χ0n) is 11.5. The summed E-state index contributed by atoms with van der Waals surface area (Å²) >= 11 is 0. The Kier molecular flexibility index (Phi) is 4.73. The van der Waals surface area contributed by atoms with E-state index in [1.165, 1.54) is 19.3 Å². The van der Waals surface area contributed by atoms with E-state index in [1.807, 2.05) is 0 Å². The lowest BCUT2D eigenvalue weighted by molar-refractivity contribution is -0.0934. The average Bonchev–Trinajstić information content (AvgIpc) is 2.38. The van der Waals surface area contributed by atoms with E-state index in [1.54, 1.807) is 0 Å². The molecule has 6 heteroatoms. The molecular weight excluding hydrogens is 267 g/mol. The van der Waals surface area contributed by atoms with Crippen molar-refractivity contribution in [1.82, 2.24) is 5.32 Å². The second kappa shape index (κ2) is 6.16. The largest absolute Gasteiger partial charge is 0.431 e. The van der Waals surface area contributed by atoms with E-state index in [9.17, 15) is 13.2 Å². The molecule has 3 nitrogen and oxygen atoms in total. The second-order valence-corrected chi connectivity index (χ2v) is 5.81. The lowest BCUT2D eigenvalue weighted by atomic mass is 9.86. The van der Waals surface area contributed by atoms with Gasteiger partial charge in [-0.15, -0.1) is 0 Å². The third-order valence-electron chi connectivity index (χ3n) is 4.26. The van der Waals surface area contributed by atoms with Crippen LogP contribution < -0.4 is 11.1 Å². The summed E-state index contributed by atoms with van der Waals surface area (Å²) in [7, 11) is 0. The summed E-state index contributed by atoms with van der Waals surface area (Å²) in [5, 5.41) is 11.3. The minimum absolute atomic E-state index is 0.0146. The maximum Gasteiger partial charge on any atom is 0.431 e. The van der Waals surface area contributed by atoms with Crippen LogP contribution in [0, 0.1) is 5.41 Å². The summed E-state index contributed by atoms with van der Waals surface area (Å²) in [6.07, 6.45) is 2.68. The van der Waals surface area contributed by atoms with Crippen molar-refractivity contribution in [3.63, 3.8) is 0 Å². The molecule has 0 amide bonds. The van der Waals surface area contributed by atoms with Crippen molar-refractivity contribution in [2.75, 3.05) is 0 Å². The smallest absolute Gasteiger partial charge is 0.394 e. The van der Waals surface area contributed by atoms with Crippen LogP contribution in [0.5, 0.6) is 0 Å². The SMILES string of the molecule is N=C1CC(NC2CCCCC2)CCC1=C(N)C(F)(F)F. The van der Waals surface area contributed by atoms with E-state index in [0.717, 1.165) is 12.8 Å². The van der Waals surface area contributed by atoms with Gasteiger partial charge in [-0.25, -0.2) is 0 Å². The van der Waals surface area contributed by atoms with Crippen LogP contribution in [0.15, 0.2) is 11.3 Å². The van der Waals surface area contributed by atoms with Crippen LogP contribution in [-0.2, 0) is 0 Å². The van der Waals surface area contributed by atoms with E-state index in [2.05, 4.69) is 5.32 Å². The van der Waals surface area contributed by atoms with Gasteiger partial charge in [0.25, 0.3) is 0 Å². The van der Waals surface area contributed by atoms with Crippen molar-refractivity contribution in [1.29, 1.82) is 5.41 Å². The molecule has 2 aliphatic carbocycles. The minimum atomic E-state index is -4.52. The quantitative estimate of drug-likeness (QED) is 0.730. The number of rotatable bonds is 2. The predicted molar refractivity (Wildman–Crippen MR) is 72.6 cm³/mol. The monoisotopic (exact) mass is 289 g/mol. The van der Waals surface area contributed by atoms with Crippen LogP contribution in [0.2, 0.25) is 0 Å². The summed E-state index contributed by atoms with van der Waals surface area (Å²) in [6, 6.07) is 0.586. The molecular formula is C14H22F3N3. The number of alkyl halides is 3. The van der Waals surface area contributed by atoms with Crippen molar-refractivity contribution in [3.8, 4) is 0 Å². The summed E-state index contributed by atoms with van der Waals surface area (Å²) in [6.45, 7) is 0. The molecule has 20 heavy (non-hydrogen) atoms. The number of nitrogens with two attached hydrogens (primary N) is 1. The van der Waals surface area contributed by atoms with Gasteiger partial charge < -0.3 is 16.5 Å². The third kappa shape index (κ3) is 3.75. The molecule has 0 aromatic carbocycles. The normalized spacial score (nSPS) is 28.6. The Bertz CT molecular complexity index is 395. The van der Waals surface area contributed by atoms with E-state index >= 15 is 0 Å². The highest BCUT2D eigenvalue weighted by molar-refractivity contribution is 5.99. The highest BCUT2D eigenvalue weighted by Gasteiger charge is 2.37. The van der Waals surface area contributed by atoms with Crippen LogP contribution in [-0.4, -0.2) is 24.0 Å². The molecule has 114 valence electrons. The van der Waals surface area contributed by atoms with Gasteiger partial charge in [0.15, 0.2) is 0 Å². The van der Waals surface area contributed by atoms with Gasteiger partial charge in [0.05, 0.1) is 0 Å². The topological polar surface area (TPSA) is 61.9 Å². The molecule has 0 bridgehead atoms. The summed E-state index contributed by atoms with van der Waals surface area (Å²) in [5.41, 5.74) is 4.08. The molecule has 4 N–H and O–H groups in total. The Labute approximate surface area is 117 Å². The fourth-order valence-electron chi connectivity index (χ4n) is 3.15. The van der Waals surface area contributed by atoms with Crippen molar-refractivity contribution in [2.24, 2.45) is 5.73 Å². The molecule has 0 aromatic rings. The van der Waals surface area contributed by atoms with Gasteiger partial charge in [-0.2, -0.15) is 13.2 Å². The van der Waals surface area contributed by atoms with Gasteiger partial charge >= 0.3 is 6.18 Å². The van der Waals surface area contributed by atoms with E-state index in [-0.39, 0.29) is 23.7 Å². The molecule has 0 heterocycles. The van der Waals surface area contributed by atoms with Gasteiger partial charge in [0.1, 0.15) is 5.70 Å². The van der Waals surface area contributed by atoms with Gasteiger partial charge in [-0.3, -0.25) is 0 Å². The molecule has 0 saturated heterocycles. The number of hydrogen-bond acceptors (Lipinski definition) is 3. The third-order valence-corrected chi connectivity index (χ3v) is 4.26. The minimum Gasteiger partial charge on any atom is -0.394 e. The Morgan fingerprint density at radius 1 is 1.10 bits per heavy atom. The first-order chi connectivity index (χ1) is 9.38. The Morgan fingerprint density at radius 3 is 2.30 bits per heavy atom. The standard InChI is InChI=1S/C14H22F3N3/c15-14(16,17)13(19)11-7-6-10(8-12(11)18)20-9-4-2-1-3-5-9/h9-10,18,20H,1-8,19H2. The average molecular weight is 289 g/mol. The fraction of sp³-hybridized carbons (Fsp3) is 0.786. The molecule has 0 spiro atoms. The second-order valence-electron chi connectivity index (χ2n) is 5.81. The zero-order chi connectivity index (χ0) is 14.8. The van der Waals surface area contributed by atoms with Gasteiger partial charge in [-0.1, -0.05) is 19.3 Å². The van der Waals surface area contributed by atoms with E-state index in [0.29, 0.717) is 18.9 Å². The first-order valence-electron chi connectivity index (χ1n) is 7.27. The molecule has 2 fully saturated rings. The van der Waals surface area contributed by atoms with E-state index in [4.69, 9.17) is 11.1 Å². The molecule has 0 aromatic heterocycles. The van der Waals surface area contributed by atoms with Crippen LogP contribution >= 0.6 is 0 Å². The van der Waals surface area contributed by atoms with Crippen molar-refractivity contribution < 1.29 is 13.2 Å². The van der Waals surface area contributed by atoms with Gasteiger partial charge in [0, 0.05) is 29.8 Å². The van der Waals surface area contributed by atoms with Crippen LogP contribution in [0.4, 0.5) is 13.2 Å². The number of halogens is 3. The van der Waals surface area contributed by atoms with Crippen LogP contribution in [0.25, 0.3) is 0 Å². The Morgan fingerprint density at radius 2 is 1.75 bits per heavy atom. The van der Waals surface area contributed by atoms with Crippen LogP contribution in [0.3, 0.4) is 0 Å². The zero-order valence-corrected chi connectivity index (χ0v) is 11.5. The lowest BCUT2D eigenvalue weighted by Crippen LogP contribution is -2.43. The molecule has 2 rings (SSSR count). The molecule has 0 radical (unpaired) electrons. The number of hydrogen-bond donors (Lipinski definition) is 3. The molecule has 1 atom stereocenters. The highest BCUT2D eigenvalue weighted by atomic mass is 19.4. The molecule has 2 aliphatic rings. The summed E-state index contributed by atoms with van der Waals surface area (Å²) in [4.78, 5) is 0. The highest BCUT2D eigenvalue weighted by Crippen LogP contribution is 2.31. The van der Waals surface area contributed by atoms with Crippen molar-refractivity contribution >= 4 is 5.71 Å². The lowest BCUT2D eigenvalue weighted by Gasteiger charge is -2.32. The number of nitrogens with one attached hydrogen (secondary N) is 2. The Hall–Kier alpha value is -1.04. The van der Waals surface area contributed by atoms with Crippen molar-refractivity contribution in [3.05, 3.63) is 11.3 Å². The first-order valence-corrected chi connectivity index (χ1v) is 7.27. The van der Waals surface area contributed by atoms with Gasteiger partial charge in [-0.05, 0) is 25.7 Å². The fourth-order valence-corrected chi connectivity index (χ4v) is 3.15. The molecule has 2 saturated carbocycles. The first kappa shape index (κ1) is 15.4. The maximum absolute atomic E-state index is 12.6. The molecule has 0 aliphatic heterocycles. The predicted octanol–water partition coefficient (Wildman–Crippen LogP) is 3.26. The Balaban J connectivity index is 1.93. The maximum atomic E-state index is 12.6. The number of allylic oxidation sites excluding steroid dienone is 2. The summed E-state index contributed by atoms with van der Waals surface area (Å²) < 4.78 is 37.7. The molecule has 1 unspecified atom stereocenters. The van der Waals surface area contributed by atoms with E-state index < -0.39 is 11.9 Å². The van der Waals surface area contributed by atoms with Gasteiger partial charge in [0.2, 0.25) is 0 Å². The van der Waals surface area contributed by atoms with Crippen molar-refractivity contribution in [2.45, 2.75) is 69.6 Å². The van der Waals surface area contributed by atoms with Crippen LogP contribution in [0.1, 0.15) is 51.4 Å².